The largest absolute Gasteiger partial charge is 0.392 e. The third-order valence-corrected chi connectivity index (χ3v) is 3.80. The van der Waals surface area contributed by atoms with E-state index in [9.17, 15) is 19.1 Å². The van der Waals surface area contributed by atoms with E-state index >= 15 is 0 Å². The van der Waals surface area contributed by atoms with E-state index in [1.807, 2.05) is 0 Å². The van der Waals surface area contributed by atoms with Crippen LogP contribution >= 0.6 is 0 Å². The van der Waals surface area contributed by atoms with Gasteiger partial charge < -0.3 is 16.2 Å². The second kappa shape index (κ2) is 7.16. The van der Waals surface area contributed by atoms with Crippen LogP contribution in [0.1, 0.15) is 16.1 Å². The molecule has 3 aromatic rings. The molecule has 0 atom stereocenters. The molecule has 0 aliphatic rings. The number of aliphatic hydroxyl groups is 1. The Labute approximate surface area is 147 Å². The number of carbonyl (C=O) groups excluding carboxylic acids is 2. The fourth-order valence-corrected chi connectivity index (χ4v) is 2.57. The second-order valence-corrected chi connectivity index (χ2v) is 5.49. The summed E-state index contributed by atoms with van der Waals surface area (Å²) in [7, 11) is 0. The number of primary amides is 1. The molecule has 26 heavy (non-hydrogen) atoms. The zero-order chi connectivity index (χ0) is 18.7. The van der Waals surface area contributed by atoms with Gasteiger partial charge in [-0.05, 0) is 34.9 Å². The monoisotopic (exact) mass is 354 g/mol. The molecule has 0 bridgehead atoms. The Balaban J connectivity index is 2.01. The molecule has 1 aromatic heterocycles. The van der Waals surface area contributed by atoms with Crippen LogP contribution in [-0.2, 0) is 11.4 Å². The van der Waals surface area contributed by atoms with E-state index in [1.54, 1.807) is 30.3 Å². The smallest absolute Gasteiger partial charge is 0.271 e. The lowest BCUT2D eigenvalue weighted by Gasteiger charge is -2.08. The van der Waals surface area contributed by atoms with Gasteiger partial charge in [-0.15, -0.1) is 0 Å². The topological polar surface area (TPSA) is 110 Å². The van der Waals surface area contributed by atoms with Crippen LogP contribution in [0.4, 0.5) is 10.1 Å². The first kappa shape index (κ1) is 17.3. The molecule has 3 rings (SSSR count). The summed E-state index contributed by atoms with van der Waals surface area (Å²) in [6.45, 7) is -0.107. The lowest BCUT2D eigenvalue weighted by atomic mass is 10.0. The number of halogens is 1. The van der Waals surface area contributed by atoms with Gasteiger partial charge in [-0.3, -0.25) is 9.59 Å². The normalized spacial score (nSPS) is 10.5. The summed E-state index contributed by atoms with van der Waals surface area (Å²) in [5, 5.41) is 15.5. The van der Waals surface area contributed by atoms with Crippen molar-refractivity contribution in [3.8, 4) is 16.8 Å². The summed E-state index contributed by atoms with van der Waals surface area (Å²) in [4.78, 5) is 22.0. The molecule has 1 heterocycles. The van der Waals surface area contributed by atoms with Crippen LogP contribution in [0, 0.1) is 5.82 Å². The second-order valence-electron chi connectivity index (χ2n) is 5.49. The molecular weight excluding hydrogens is 339 g/mol. The van der Waals surface area contributed by atoms with Crippen LogP contribution in [0.3, 0.4) is 0 Å². The lowest BCUT2D eigenvalue weighted by Crippen LogP contribution is -2.14. The number of anilines is 1. The van der Waals surface area contributed by atoms with E-state index in [0.717, 1.165) is 15.8 Å². The first-order valence-corrected chi connectivity index (χ1v) is 7.63. The SMILES string of the molecule is NC(=O)c1nn(-c2ccc(-c3cccc(CO)c3)cc2F)cc1NC=O. The molecule has 0 aliphatic heterocycles. The molecule has 4 N–H and O–H groups in total. The van der Waals surface area contributed by atoms with Gasteiger partial charge in [0.05, 0.1) is 18.5 Å². The van der Waals surface area contributed by atoms with Crippen LogP contribution in [-0.4, -0.2) is 27.2 Å². The number of nitrogens with zero attached hydrogens (tertiary/aromatic N) is 2. The molecule has 0 fully saturated rings. The highest BCUT2D eigenvalue weighted by molar-refractivity contribution is 5.98. The first-order chi connectivity index (χ1) is 12.5. The van der Waals surface area contributed by atoms with Gasteiger partial charge in [0.25, 0.3) is 5.91 Å². The van der Waals surface area contributed by atoms with Crippen molar-refractivity contribution in [2.24, 2.45) is 5.73 Å². The van der Waals surface area contributed by atoms with E-state index in [4.69, 9.17) is 5.73 Å². The fourth-order valence-electron chi connectivity index (χ4n) is 2.57. The number of nitrogens with two attached hydrogens (primary N) is 1. The molecule has 8 heteroatoms. The average molecular weight is 354 g/mol. The number of carbonyl (C=O) groups is 2. The predicted molar refractivity (Wildman–Crippen MR) is 93.1 cm³/mol. The minimum atomic E-state index is -0.842. The van der Waals surface area contributed by atoms with Gasteiger partial charge in [-0.2, -0.15) is 5.10 Å². The molecule has 132 valence electrons. The van der Waals surface area contributed by atoms with Gasteiger partial charge in [-0.25, -0.2) is 9.07 Å². The Hall–Kier alpha value is -3.52. The maximum atomic E-state index is 14.6. The highest BCUT2D eigenvalue weighted by Gasteiger charge is 2.16. The Kier molecular flexibility index (Phi) is 4.76. The van der Waals surface area contributed by atoms with Crippen molar-refractivity contribution in [1.82, 2.24) is 9.78 Å². The maximum absolute atomic E-state index is 14.6. The van der Waals surface area contributed by atoms with Crippen LogP contribution in [0.2, 0.25) is 0 Å². The van der Waals surface area contributed by atoms with Crippen molar-refractivity contribution < 1.29 is 19.1 Å². The fraction of sp³-hybridized carbons (Fsp3) is 0.0556. The van der Waals surface area contributed by atoms with E-state index in [-0.39, 0.29) is 23.7 Å². The zero-order valence-electron chi connectivity index (χ0n) is 13.5. The third-order valence-electron chi connectivity index (χ3n) is 3.80. The van der Waals surface area contributed by atoms with Crippen LogP contribution in [0.5, 0.6) is 0 Å². The Bertz CT molecular complexity index is 984. The van der Waals surface area contributed by atoms with Crippen molar-refractivity contribution in [2.45, 2.75) is 6.61 Å². The maximum Gasteiger partial charge on any atom is 0.271 e. The van der Waals surface area contributed by atoms with Crippen molar-refractivity contribution >= 4 is 18.0 Å². The number of benzene rings is 2. The molecule has 0 spiro atoms. The number of rotatable bonds is 6. The average Bonchev–Trinajstić information content (AvgIpc) is 3.06. The summed E-state index contributed by atoms with van der Waals surface area (Å²) in [5.41, 5.74) is 7.32. The van der Waals surface area contributed by atoms with Gasteiger partial charge >= 0.3 is 0 Å². The van der Waals surface area contributed by atoms with Crippen LogP contribution in [0.15, 0.2) is 48.7 Å². The van der Waals surface area contributed by atoms with Crippen molar-refractivity contribution in [2.75, 3.05) is 5.32 Å². The summed E-state index contributed by atoms with van der Waals surface area (Å²) in [6.07, 6.45) is 1.68. The number of hydrogen-bond acceptors (Lipinski definition) is 4. The molecule has 0 saturated heterocycles. The molecule has 0 unspecified atom stereocenters. The van der Waals surface area contributed by atoms with Crippen molar-refractivity contribution in [3.63, 3.8) is 0 Å². The third kappa shape index (κ3) is 3.31. The van der Waals surface area contributed by atoms with E-state index in [1.165, 1.54) is 18.3 Å². The summed E-state index contributed by atoms with van der Waals surface area (Å²) >= 11 is 0. The number of amides is 2. The Morgan fingerprint density at radius 1 is 1.27 bits per heavy atom. The molecular formula is C18H15FN4O3. The first-order valence-electron chi connectivity index (χ1n) is 7.63. The van der Waals surface area contributed by atoms with Crippen molar-refractivity contribution in [3.05, 3.63) is 65.7 Å². The molecule has 2 aromatic carbocycles. The van der Waals surface area contributed by atoms with E-state index in [2.05, 4.69) is 10.4 Å². The van der Waals surface area contributed by atoms with Crippen LogP contribution in [0.25, 0.3) is 16.8 Å². The van der Waals surface area contributed by atoms with Gasteiger partial charge in [0, 0.05) is 0 Å². The highest BCUT2D eigenvalue weighted by Crippen LogP contribution is 2.25. The molecule has 0 radical (unpaired) electrons. The van der Waals surface area contributed by atoms with E-state index in [0.29, 0.717) is 12.0 Å². The number of hydrogen-bond donors (Lipinski definition) is 3. The van der Waals surface area contributed by atoms with Gasteiger partial charge in [-0.1, -0.05) is 24.3 Å². The molecule has 2 amide bonds. The summed E-state index contributed by atoms with van der Waals surface area (Å²) in [5.74, 6) is -1.42. The lowest BCUT2D eigenvalue weighted by molar-refractivity contribution is -0.105. The Morgan fingerprint density at radius 3 is 2.69 bits per heavy atom. The van der Waals surface area contributed by atoms with E-state index < -0.39 is 11.7 Å². The zero-order valence-corrected chi connectivity index (χ0v) is 13.5. The minimum absolute atomic E-state index is 0.0895. The standard InChI is InChI=1S/C18H15FN4O3/c19-14-7-13(12-3-1-2-11(6-12)9-24)4-5-16(14)23-8-15(21-10-25)17(22-23)18(20)26/h1-8,10,24H,9H2,(H2,20,26)(H,21,25). The number of nitrogens with one attached hydrogen (secondary N) is 1. The minimum Gasteiger partial charge on any atom is -0.392 e. The summed E-state index contributed by atoms with van der Waals surface area (Å²) < 4.78 is 15.7. The number of aliphatic hydroxyl groups excluding tert-OH is 1. The van der Waals surface area contributed by atoms with Gasteiger partial charge in [0.2, 0.25) is 6.41 Å². The summed E-state index contributed by atoms with van der Waals surface area (Å²) in [6, 6.07) is 11.6. The highest BCUT2D eigenvalue weighted by atomic mass is 19.1. The van der Waals surface area contributed by atoms with Gasteiger partial charge in [0.15, 0.2) is 5.69 Å². The Morgan fingerprint density at radius 2 is 2.04 bits per heavy atom. The quantitative estimate of drug-likeness (QED) is 0.587. The predicted octanol–water partition coefficient (Wildman–Crippen LogP) is 1.84. The molecule has 0 aliphatic carbocycles. The van der Waals surface area contributed by atoms with Crippen LogP contribution < -0.4 is 11.1 Å². The molecule has 0 saturated carbocycles. The number of aromatic nitrogens is 2. The molecule has 7 nitrogen and oxygen atoms in total. The van der Waals surface area contributed by atoms with Crippen molar-refractivity contribution in [1.29, 1.82) is 0 Å². The van der Waals surface area contributed by atoms with Gasteiger partial charge in [0.1, 0.15) is 11.5 Å².